The zero-order chi connectivity index (χ0) is 11.0. The molecule has 0 aliphatic rings. The van der Waals surface area contributed by atoms with Gasteiger partial charge in [0.15, 0.2) is 0 Å². The van der Waals surface area contributed by atoms with Crippen LogP contribution in [0.4, 0.5) is 5.69 Å². The molecule has 1 aromatic heterocycles. The molecule has 2 N–H and O–H groups in total. The molecule has 78 valence electrons. The van der Waals surface area contributed by atoms with Gasteiger partial charge in [0.25, 0.3) is 0 Å². The van der Waals surface area contributed by atoms with E-state index in [1.165, 1.54) is 5.56 Å². The van der Waals surface area contributed by atoms with Crippen molar-refractivity contribution in [3.63, 3.8) is 0 Å². The van der Waals surface area contributed by atoms with E-state index in [2.05, 4.69) is 18.1 Å². The van der Waals surface area contributed by atoms with Crippen LogP contribution in [0.1, 0.15) is 17.0 Å². The van der Waals surface area contributed by atoms with Crippen molar-refractivity contribution in [3.8, 4) is 5.69 Å². The molecule has 0 unspecified atom stereocenters. The van der Waals surface area contributed by atoms with Gasteiger partial charge in [-0.05, 0) is 44.5 Å². The van der Waals surface area contributed by atoms with Crippen LogP contribution in [0, 0.1) is 20.8 Å². The zero-order valence-corrected chi connectivity index (χ0v) is 9.28. The van der Waals surface area contributed by atoms with E-state index in [0.29, 0.717) is 0 Å². The third-order valence-electron chi connectivity index (χ3n) is 2.47. The Balaban J connectivity index is 2.62. The molecule has 15 heavy (non-hydrogen) atoms. The Bertz CT molecular complexity index is 498. The second kappa shape index (κ2) is 3.42. The van der Waals surface area contributed by atoms with Crippen molar-refractivity contribution in [1.29, 1.82) is 0 Å². The van der Waals surface area contributed by atoms with Crippen molar-refractivity contribution in [2.75, 3.05) is 5.73 Å². The molecule has 0 atom stereocenters. The number of aromatic nitrogens is 2. The first-order valence-electron chi connectivity index (χ1n) is 4.97. The summed E-state index contributed by atoms with van der Waals surface area (Å²) in [5, 5.41) is 4.44. The van der Waals surface area contributed by atoms with E-state index in [9.17, 15) is 0 Å². The predicted octanol–water partition coefficient (Wildman–Crippen LogP) is 2.38. The molecule has 1 heterocycles. The molecule has 0 saturated heterocycles. The molecular weight excluding hydrogens is 186 g/mol. The minimum Gasteiger partial charge on any atom is -0.399 e. The Morgan fingerprint density at radius 2 is 1.87 bits per heavy atom. The number of nitrogen functional groups attached to an aromatic ring is 1. The van der Waals surface area contributed by atoms with E-state index >= 15 is 0 Å². The number of rotatable bonds is 1. The molecule has 0 amide bonds. The Labute approximate surface area is 89.5 Å². The topological polar surface area (TPSA) is 43.8 Å². The third-order valence-corrected chi connectivity index (χ3v) is 2.47. The lowest BCUT2D eigenvalue weighted by Gasteiger charge is -2.08. The fourth-order valence-corrected chi connectivity index (χ4v) is 1.73. The number of hydrogen-bond donors (Lipinski definition) is 1. The third kappa shape index (κ3) is 1.73. The summed E-state index contributed by atoms with van der Waals surface area (Å²) in [5.41, 5.74) is 10.9. The molecule has 0 radical (unpaired) electrons. The van der Waals surface area contributed by atoms with Crippen LogP contribution in [-0.4, -0.2) is 9.78 Å². The molecule has 1 aromatic carbocycles. The average molecular weight is 201 g/mol. The lowest BCUT2D eigenvalue weighted by Crippen LogP contribution is -2.02. The van der Waals surface area contributed by atoms with Gasteiger partial charge < -0.3 is 5.73 Å². The van der Waals surface area contributed by atoms with Crippen LogP contribution in [0.3, 0.4) is 0 Å². The highest BCUT2D eigenvalue weighted by Gasteiger charge is 2.06. The molecule has 2 aromatic rings. The highest BCUT2D eigenvalue weighted by atomic mass is 15.3. The van der Waals surface area contributed by atoms with Gasteiger partial charge in [-0.25, -0.2) is 4.68 Å². The summed E-state index contributed by atoms with van der Waals surface area (Å²) in [6.07, 6.45) is 0. The Morgan fingerprint density at radius 3 is 2.47 bits per heavy atom. The van der Waals surface area contributed by atoms with Crippen LogP contribution >= 0.6 is 0 Å². The lowest BCUT2D eigenvalue weighted by molar-refractivity contribution is 0.828. The van der Waals surface area contributed by atoms with Crippen LogP contribution < -0.4 is 5.73 Å². The molecule has 3 nitrogen and oxygen atoms in total. The first-order valence-corrected chi connectivity index (χ1v) is 4.97. The van der Waals surface area contributed by atoms with E-state index in [1.807, 2.05) is 36.7 Å². The van der Waals surface area contributed by atoms with E-state index in [1.54, 1.807) is 0 Å². The summed E-state index contributed by atoms with van der Waals surface area (Å²) in [6.45, 7) is 6.10. The molecule has 0 fully saturated rings. The number of nitrogens with zero attached hydrogens (tertiary/aromatic N) is 2. The van der Waals surface area contributed by atoms with Crippen molar-refractivity contribution in [2.24, 2.45) is 0 Å². The average Bonchev–Trinajstić information content (AvgIpc) is 2.50. The SMILES string of the molecule is Cc1cc(C)n(-c2cc(N)ccc2C)n1. The van der Waals surface area contributed by atoms with Crippen LogP contribution in [0.5, 0.6) is 0 Å². The van der Waals surface area contributed by atoms with Gasteiger partial charge in [0.05, 0.1) is 11.4 Å². The smallest absolute Gasteiger partial charge is 0.0698 e. The standard InChI is InChI=1S/C12H15N3/c1-8-4-5-11(13)7-12(8)15-10(3)6-9(2)14-15/h4-7H,13H2,1-3H3. The maximum atomic E-state index is 5.78. The first-order chi connectivity index (χ1) is 7.08. The highest BCUT2D eigenvalue weighted by Crippen LogP contribution is 2.18. The molecule has 0 saturated carbocycles. The van der Waals surface area contributed by atoms with E-state index in [0.717, 1.165) is 22.8 Å². The summed E-state index contributed by atoms with van der Waals surface area (Å²) in [5.74, 6) is 0. The van der Waals surface area contributed by atoms with Gasteiger partial charge in [0, 0.05) is 11.4 Å². The monoisotopic (exact) mass is 201 g/mol. The highest BCUT2D eigenvalue weighted by molar-refractivity contribution is 5.52. The summed E-state index contributed by atoms with van der Waals surface area (Å²) in [4.78, 5) is 0. The van der Waals surface area contributed by atoms with Crippen LogP contribution in [0.25, 0.3) is 5.69 Å². The number of anilines is 1. The lowest BCUT2D eigenvalue weighted by atomic mass is 10.2. The normalized spacial score (nSPS) is 10.6. The fourth-order valence-electron chi connectivity index (χ4n) is 1.73. The second-order valence-electron chi connectivity index (χ2n) is 3.88. The Morgan fingerprint density at radius 1 is 1.13 bits per heavy atom. The van der Waals surface area contributed by atoms with Gasteiger partial charge in [-0.2, -0.15) is 5.10 Å². The number of aryl methyl sites for hydroxylation is 3. The van der Waals surface area contributed by atoms with Gasteiger partial charge in [-0.3, -0.25) is 0 Å². The van der Waals surface area contributed by atoms with Gasteiger partial charge in [0.1, 0.15) is 0 Å². The molecule has 2 rings (SSSR count). The predicted molar refractivity (Wildman–Crippen MR) is 62.2 cm³/mol. The van der Waals surface area contributed by atoms with Crippen LogP contribution in [0.15, 0.2) is 24.3 Å². The van der Waals surface area contributed by atoms with Crippen molar-refractivity contribution >= 4 is 5.69 Å². The second-order valence-corrected chi connectivity index (χ2v) is 3.88. The van der Waals surface area contributed by atoms with Crippen molar-refractivity contribution in [3.05, 3.63) is 41.2 Å². The first kappa shape index (κ1) is 9.77. The summed E-state index contributed by atoms with van der Waals surface area (Å²) in [7, 11) is 0. The molecule has 0 aliphatic carbocycles. The molecule has 0 bridgehead atoms. The quantitative estimate of drug-likeness (QED) is 0.720. The van der Waals surface area contributed by atoms with Gasteiger partial charge in [-0.1, -0.05) is 6.07 Å². The zero-order valence-electron chi connectivity index (χ0n) is 9.28. The Kier molecular flexibility index (Phi) is 2.23. The minimum absolute atomic E-state index is 0.767. The summed E-state index contributed by atoms with van der Waals surface area (Å²) in [6, 6.07) is 7.93. The number of nitrogens with two attached hydrogens (primary N) is 1. The van der Waals surface area contributed by atoms with Gasteiger partial charge in [-0.15, -0.1) is 0 Å². The van der Waals surface area contributed by atoms with E-state index < -0.39 is 0 Å². The van der Waals surface area contributed by atoms with Gasteiger partial charge >= 0.3 is 0 Å². The van der Waals surface area contributed by atoms with Crippen LogP contribution in [0.2, 0.25) is 0 Å². The molecular formula is C12H15N3. The maximum Gasteiger partial charge on any atom is 0.0698 e. The van der Waals surface area contributed by atoms with Crippen molar-refractivity contribution in [2.45, 2.75) is 20.8 Å². The Hall–Kier alpha value is -1.77. The molecule has 3 heteroatoms. The fraction of sp³-hybridized carbons (Fsp3) is 0.250. The number of hydrogen-bond acceptors (Lipinski definition) is 2. The molecule has 0 spiro atoms. The van der Waals surface area contributed by atoms with Crippen molar-refractivity contribution in [1.82, 2.24) is 9.78 Å². The van der Waals surface area contributed by atoms with Crippen molar-refractivity contribution < 1.29 is 0 Å². The van der Waals surface area contributed by atoms with E-state index in [4.69, 9.17) is 5.73 Å². The maximum absolute atomic E-state index is 5.78. The summed E-state index contributed by atoms with van der Waals surface area (Å²) < 4.78 is 1.93. The summed E-state index contributed by atoms with van der Waals surface area (Å²) >= 11 is 0. The minimum atomic E-state index is 0.767. The van der Waals surface area contributed by atoms with Crippen LogP contribution in [-0.2, 0) is 0 Å². The largest absolute Gasteiger partial charge is 0.399 e. The van der Waals surface area contributed by atoms with Gasteiger partial charge in [0.2, 0.25) is 0 Å². The number of benzene rings is 1. The van der Waals surface area contributed by atoms with E-state index in [-0.39, 0.29) is 0 Å². The molecule has 0 aliphatic heterocycles.